The van der Waals surface area contributed by atoms with Crippen molar-refractivity contribution in [1.29, 1.82) is 0 Å². The molecule has 0 aliphatic carbocycles. The number of pyridine rings is 1. The average molecular weight is 323 g/mol. The lowest BCUT2D eigenvalue weighted by molar-refractivity contribution is 0.0592. The third kappa shape index (κ3) is 3.35. The molecule has 80 valence electrons. The van der Waals surface area contributed by atoms with Gasteiger partial charge in [-0.2, -0.15) is 0 Å². The topological polar surface area (TPSA) is 85.7 Å². The maximum atomic E-state index is 11.1. The van der Waals surface area contributed by atoms with Gasteiger partial charge in [-0.1, -0.05) is 0 Å². The molecule has 1 aromatic rings. The van der Waals surface area contributed by atoms with Crippen LogP contribution < -0.4 is 4.74 Å². The van der Waals surface area contributed by atoms with Gasteiger partial charge in [0.1, 0.15) is 0 Å². The molecule has 0 unspecified atom stereocenters. The number of ether oxygens (including phenoxy) is 2. The monoisotopic (exact) mass is 323 g/mol. The number of methoxy groups -OCH3 is 1. The Morgan fingerprint density at radius 3 is 2.67 bits per heavy atom. The van der Waals surface area contributed by atoms with Gasteiger partial charge in [-0.25, -0.2) is 14.6 Å². The van der Waals surface area contributed by atoms with Crippen molar-refractivity contribution in [2.24, 2.45) is 0 Å². The van der Waals surface area contributed by atoms with Crippen LogP contribution in [0.4, 0.5) is 4.79 Å². The Balaban J connectivity index is 3.04. The Morgan fingerprint density at radius 1 is 1.47 bits per heavy atom. The zero-order chi connectivity index (χ0) is 11.4. The summed E-state index contributed by atoms with van der Waals surface area (Å²) in [5.41, 5.74) is 0.000602. The Kier molecular flexibility index (Phi) is 3.83. The summed E-state index contributed by atoms with van der Waals surface area (Å²) < 4.78 is 9.39. The first-order valence-corrected chi connectivity index (χ1v) is 4.77. The number of carboxylic acid groups (broad SMARTS) is 1. The molecule has 0 saturated heterocycles. The van der Waals surface area contributed by atoms with E-state index in [0.29, 0.717) is 3.57 Å². The SMILES string of the molecule is COC(=O)c1cc(I)cc(OC(=O)O)n1. The molecule has 7 heteroatoms. The lowest BCUT2D eigenvalue weighted by Crippen LogP contribution is -2.09. The number of carbonyl (C=O) groups excluding carboxylic acids is 1. The third-order valence-electron chi connectivity index (χ3n) is 1.35. The molecule has 0 saturated carbocycles. The van der Waals surface area contributed by atoms with Crippen LogP contribution in [-0.2, 0) is 4.74 Å². The Labute approximate surface area is 98.4 Å². The van der Waals surface area contributed by atoms with Crippen LogP contribution in [0.1, 0.15) is 10.5 Å². The normalized spacial score (nSPS) is 9.47. The molecule has 0 bridgehead atoms. The minimum Gasteiger partial charge on any atom is -0.464 e. The second-order valence-electron chi connectivity index (χ2n) is 2.37. The lowest BCUT2D eigenvalue weighted by Gasteiger charge is -2.02. The molecule has 1 rings (SSSR count). The van der Waals surface area contributed by atoms with Crippen LogP contribution in [0.3, 0.4) is 0 Å². The zero-order valence-corrected chi connectivity index (χ0v) is 9.72. The van der Waals surface area contributed by atoms with Gasteiger partial charge in [0.15, 0.2) is 5.69 Å². The van der Waals surface area contributed by atoms with Crippen LogP contribution >= 0.6 is 22.6 Å². The molecule has 0 amide bonds. The number of halogens is 1. The van der Waals surface area contributed by atoms with Crippen molar-refractivity contribution in [2.75, 3.05) is 7.11 Å². The highest BCUT2D eigenvalue weighted by atomic mass is 127. The van der Waals surface area contributed by atoms with Gasteiger partial charge in [0.25, 0.3) is 0 Å². The van der Waals surface area contributed by atoms with Crippen molar-refractivity contribution in [2.45, 2.75) is 0 Å². The number of aromatic nitrogens is 1. The van der Waals surface area contributed by atoms with Gasteiger partial charge in [-0.3, -0.25) is 0 Å². The number of rotatable bonds is 2. The minimum absolute atomic E-state index is 0.000602. The predicted octanol–water partition coefficient (Wildman–Crippen LogP) is 1.53. The van der Waals surface area contributed by atoms with E-state index >= 15 is 0 Å². The quantitative estimate of drug-likeness (QED) is 0.656. The van der Waals surface area contributed by atoms with Crippen LogP contribution in [0.2, 0.25) is 0 Å². The fourth-order valence-corrected chi connectivity index (χ4v) is 1.39. The van der Waals surface area contributed by atoms with Gasteiger partial charge >= 0.3 is 12.1 Å². The average Bonchev–Trinajstić information content (AvgIpc) is 2.14. The molecule has 1 N–H and O–H groups in total. The van der Waals surface area contributed by atoms with E-state index < -0.39 is 12.1 Å². The highest BCUT2D eigenvalue weighted by molar-refractivity contribution is 14.1. The summed E-state index contributed by atoms with van der Waals surface area (Å²) in [5, 5.41) is 8.36. The van der Waals surface area contributed by atoms with E-state index in [2.05, 4.69) is 14.5 Å². The van der Waals surface area contributed by atoms with E-state index in [1.54, 1.807) is 0 Å². The Hall–Kier alpha value is -1.38. The van der Waals surface area contributed by atoms with Gasteiger partial charge in [0, 0.05) is 9.64 Å². The van der Waals surface area contributed by atoms with Gasteiger partial charge < -0.3 is 14.6 Å². The van der Waals surface area contributed by atoms with Crippen LogP contribution in [0.15, 0.2) is 12.1 Å². The van der Waals surface area contributed by atoms with Crippen molar-refractivity contribution in [3.63, 3.8) is 0 Å². The van der Waals surface area contributed by atoms with Crippen LogP contribution in [0, 0.1) is 3.57 Å². The predicted molar refractivity (Wildman–Crippen MR) is 56.9 cm³/mol. The summed E-state index contributed by atoms with van der Waals surface area (Å²) in [6, 6.07) is 2.85. The van der Waals surface area contributed by atoms with Gasteiger partial charge in [-0.05, 0) is 28.7 Å². The molecule has 0 aromatic carbocycles. The maximum absolute atomic E-state index is 11.1. The first-order valence-electron chi connectivity index (χ1n) is 3.69. The molecule has 0 aliphatic heterocycles. The molecule has 0 spiro atoms. The highest BCUT2D eigenvalue weighted by Crippen LogP contribution is 2.15. The number of esters is 1. The molecule has 0 fully saturated rings. The number of hydrogen-bond donors (Lipinski definition) is 1. The number of hydrogen-bond acceptors (Lipinski definition) is 5. The van der Waals surface area contributed by atoms with E-state index in [9.17, 15) is 9.59 Å². The first-order chi connectivity index (χ1) is 7.02. The summed E-state index contributed by atoms with van der Waals surface area (Å²) in [5.74, 6) is -0.807. The van der Waals surface area contributed by atoms with Crippen molar-refractivity contribution < 1.29 is 24.2 Å². The first kappa shape index (κ1) is 11.7. The molecule has 0 atom stereocenters. The summed E-state index contributed by atoms with van der Waals surface area (Å²) >= 11 is 1.91. The second-order valence-corrected chi connectivity index (χ2v) is 3.61. The zero-order valence-electron chi connectivity index (χ0n) is 7.56. The smallest absolute Gasteiger partial charge is 0.464 e. The largest absolute Gasteiger partial charge is 0.512 e. The minimum atomic E-state index is -1.49. The van der Waals surface area contributed by atoms with Crippen LogP contribution in [-0.4, -0.2) is 29.3 Å². The van der Waals surface area contributed by atoms with E-state index in [1.807, 2.05) is 22.6 Å². The second kappa shape index (κ2) is 4.91. The van der Waals surface area contributed by atoms with Crippen LogP contribution in [0.5, 0.6) is 5.88 Å². The summed E-state index contributed by atoms with van der Waals surface area (Å²) in [6.45, 7) is 0. The van der Waals surface area contributed by atoms with Crippen LogP contribution in [0.25, 0.3) is 0 Å². The van der Waals surface area contributed by atoms with E-state index in [-0.39, 0.29) is 11.6 Å². The molecule has 0 radical (unpaired) electrons. The molecule has 15 heavy (non-hydrogen) atoms. The molecule has 1 aromatic heterocycles. The van der Waals surface area contributed by atoms with Crippen molar-refractivity contribution >= 4 is 34.7 Å². The fourth-order valence-electron chi connectivity index (χ4n) is 0.824. The Bertz CT molecular complexity index is 406. The highest BCUT2D eigenvalue weighted by Gasteiger charge is 2.12. The molecule has 6 nitrogen and oxygen atoms in total. The summed E-state index contributed by atoms with van der Waals surface area (Å²) in [4.78, 5) is 25.0. The molecular formula is C8H6INO5. The Morgan fingerprint density at radius 2 is 2.13 bits per heavy atom. The maximum Gasteiger partial charge on any atom is 0.512 e. The van der Waals surface area contributed by atoms with Crippen molar-refractivity contribution in [1.82, 2.24) is 4.98 Å². The standard InChI is InChI=1S/C8H6INO5/c1-14-7(11)5-2-4(9)3-6(10-5)15-8(12)13/h2-3H,1H3,(H,12,13). The summed E-state index contributed by atoms with van der Waals surface area (Å²) in [7, 11) is 1.21. The van der Waals surface area contributed by atoms with Gasteiger partial charge in [0.05, 0.1) is 7.11 Å². The number of carbonyl (C=O) groups is 2. The molecular weight excluding hydrogens is 317 g/mol. The molecule has 1 heterocycles. The summed E-state index contributed by atoms with van der Waals surface area (Å²) in [6.07, 6.45) is -1.49. The van der Waals surface area contributed by atoms with E-state index in [0.717, 1.165) is 0 Å². The van der Waals surface area contributed by atoms with E-state index in [4.69, 9.17) is 5.11 Å². The van der Waals surface area contributed by atoms with Crippen molar-refractivity contribution in [3.05, 3.63) is 21.4 Å². The van der Waals surface area contributed by atoms with Gasteiger partial charge in [0.2, 0.25) is 5.88 Å². The molecule has 0 aliphatic rings. The van der Waals surface area contributed by atoms with Gasteiger partial charge in [-0.15, -0.1) is 0 Å². The lowest BCUT2D eigenvalue weighted by atomic mass is 10.3. The number of nitrogens with zero attached hydrogens (tertiary/aromatic N) is 1. The van der Waals surface area contributed by atoms with Crippen molar-refractivity contribution in [3.8, 4) is 5.88 Å². The fraction of sp³-hybridized carbons (Fsp3) is 0.125. The van der Waals surface area contributed by atoms with E-state index in [1.165, 1.54) is 19.2 Å². The third-order valence-corrected chi connectivity index (χ3v) is 1.98.